The van der Waals surface area contributed by atoms with Crippen LogP contribution in [-0.4, -0.2) is 67.2 Å². The Morgan fingerprint density at radius 1 is 1.12 bits per heavy atom. The number of hydrogen-bond donors (Lipinski definition) is 3. The number of hydrogen-bond acceptors (Lipinski definition) is 8. The first-order valence-corrected chi connectivity index (χ1v) is 14.5. The van der Waals surface area contributed by atoms with Crippen molar-refractivity contribution in [1.82, 2.24) is 10.6 Å². The molecule has 2 aliphatic heterocycles. The van der Waals surface area contributed by atoms with E-state index in [1.165, 1.54) is 4.90 Å². The molecule has 0 bridgehead atoms. The Kier molecular flexibility index (Phi) is 9.27. The summed E-state index contributed by atoms with van der Waals surface area (Å²) in [7, 11) is 0. The second-order valence-corrected chi connectivity index (χ2v) is 11.6. The van der Waals surface area contributed by atoms with Gasteiger partial charge in [0.05, 0.1) is 23.9 Å². The number of fused-ring (bicyclic) bond motifs is 1. The van der Waals surface area contributed by atoms with E-state index in [9.17, 15) is 24.0 Å². The van der Waals surface area contributed by atoms with Crippen LogP contribution in [0.3, 0.4) is 0 Å². The molecule has 1 fully saturated rings. The number of aryl methyl sites for hydroxylation is 1. The number of carbonyl (C=O) groups excluding carboxylic acids is 5. The van der Waals surface area contributed by atoms with Crippen LogP contribution in [0.15, 0.2) is 48.5 Å². The molecule has 0 saturated carbocycles. The first-order chi connectivity index (χ1) is 20.1. The Bertz CT molecular complexity index is 1350. The molecule has 0 aromatic heterocycles. The second-order valence-electron chi connectivity index (χ2n) is 11.6. The van der Waals surface area contributed by atoms with Gasteiger partial charge in [0.25, 0.3) is 5.91 Å². The number of carbonyl (C=O) groups is 5. The number of nitrogens with one attached hydrogen (secondary N) is 2. The minimum atomic E-state index is -1.67. The second kappa shape index (κ2) is 12.5. The Morgan fingerprint density at radius 3 is 2.50 bits per heavy atom. The molecule has 4 N–H and O–H groups in total. The molecule has 2 aromatic rings. The van der Waals surface area contributed by atoms with Crippen molar-refractivity contribution in [3.63, 3.8) is 0 Å². The quantitative estimate of drug-likeness (QED) is 0.134. The molecule has 10 nitrogen and oxygen atoms in total. The summed E-state index contributed by atoms with van der Waals surface area (Å²) in [5, 5.41) is 5.79. The predicted octanol–water partition coefficient (Wildman–Crippen LogP) is 2.21. The molecule has 4 rings (SSSR count). The highest BCUT2D eigenvalue weighted by atomic mass is 16.5. The van der Waals surface area contributed by atoms with Crippen LogP contribution >= 0.6 is 0 Å². The van der Waals surface area contributed by atoms with E-state index in [2.05, 4.69) is 10.6 Å². The largest absolute Gasteiger partial charge is 0.462 e. The number of rotatable bonds is 14. The van der Waals surface area contributed by atoms with Crippen LogP contribution in [0.25, 0.3) is 0 Å². The third kappa shape index (κ3) is 5.48. The van der Waals surface area contributed by atoms with Gasteiger partial charge in [-0.25, -0.2) is 4.79 Å². The highest BCUT2D eigenvalue weighted by Crippen LogP contribution is 2.55. The SMILES string of the molecule is CC(C)OC(=O)[C@]1(C(C)(CN2C(=O)CNC(=O)c3cc(CCCCCN)ccc32)c2ccccc2)NC1(C=O)CC=O. The molecule has 2 amide bonds. The van der Waals surface area contributed by atoms with Crippen LogP contribution in [0, 0.1) is 0 Å². The molecule has 42 heavy (non-hydrogen) atoms. The Balaban J connectivity index is 1.84. The summed E-state index contributed by atoms with van der Waals surface area (Å²) in [6.07, 6.45) is 4.01. The van der Waals surface area contributed by atoms with Gasteiger partial charge in [-0.15, -0.1) is 0 Å². The lowest BCUT2D eigenvalue weighted by Gasteiger charge is -2.41. The van der Waals surface area contributed by atoms with Crippen molar-refractivity contribution in [1.29, 1.82) is 0 Å². The predicted molar refractivity (Wildman–Crippen MR) is 158 cm³/mol. The minimum Gasteiger partial charge on any atom is -0.462 e. The van der Waals surface area contributed by atoms with E-state index in [0.29, 0.717) is 35.9 Å². The Morgan fingerprint density at radius 2 is 1.86 bits per heavy atom. The molecular weight excluding hydrogens is 536 g/mol. The third-order valence-corrected chi connectivity index (χ3v) is 8.45. The number of amides is 2. The smallest absolute Gasteiger partial charge is 0.330 e. The monoisotopic (exact) mass is 576 g/mol. The highest BCUT2D eigenvalue weighted by Gasteiger charge is 2.80. The van der Waals surface area contributed by atoms with Crippen molar-refractivity contribution in [2.45, 2.75) is 75.5 Å². The molecule has 2 heterocycles. The van der Waals surface area contributed by atoms with E-state index in [1.807, 2.05) is 24.3 Å². The van der Waals surface area contributed by atoms with E-state index >= 15 is 0 Å². The van der Waals surface area contributed by atoms with Crippen molar-refractivity contribution in [3.8, 4) is 0 Å². The summed E-state index contributed by atoms with van der Waals surface area (Å²) in [4.78, 5) is 66.6. The maximum absolute atomic E-state index is 14.0. The van der Waals surface area contributed by atoms with Gasteiger partial charge in [-0.05, 0) is 62.9 Å². The number of nitrogens with two attached hydrogens (primary N) is 1. The molecule has 0 aliphatic carbocycles. The van der Waals surface area contributed by atoms with E-state index in [-0.39, 0.29) is 31.3 Å². The lowest BCUT2D eigenvalue weighted by atomic mass is 9.65. The molecule has 3 atom stereocenters. The summed E-state index contributed by atoms with van der Waals surface area (Å²) in [5.41, 5.74) is 3.52. The molecule has 10 heteroatoms. The summed E-state index contributed by atoms with van der Waals surface area (Å²) >= 11 is 0. The number of benzene rings is 2. The van der Waals surface area contributed by atoms with Crippen molar-refractivity contribution >= 4 is 36.0 Å². The maximum atomic E-state index is 14.0. The molecule has 1 saturated heterocycles. The number of nitrogens with zero attached hydrogens (tertiary/aromatic N) is 1. The van der Waals surface area contributed by atoms with E-state index in [0.717, 1.165) is 31.2 Å². The average molecular weight is 577 g/mol. The number of esters is 1. The van der Waals surface area contributed by atoms with Crippen molar-refractivity contribution in [2.75, 3.05) is 24.5 Å². The number of ether oxygens (including phenoxy) is 1. The summed E-state index contributed by atoms with van der Waals surface area (Å²) in [6.45, 7) is 5.50. The van der Waals surface area contributed by atoms with Gasteiger partial charge in [0, 0.05) is 18.4 Å². The van der Waals surface area contributed by atoms with E-state index in [4.69, 9.17) is 10.5 Å². The van der Waals surface area contributed by atoms with Gasteiger partial charge in [0.1, 0.15) is 18.1 Å². The van der Waals surface area contributed by atoms with Crippen molar-refractivity contribution in [3.05, 3.63) is 65.2 Å². The van der Waals surface area contributed by atoms with Crippen LogP contribution in [0.2, 0.25) is 0 Å². The van der Waals surface area contributed by atoms with Crippen molar-refractivity contribution < 1.29 is 28.7 Å². The van der Waals surface area contributed by atoms with Gasteiger partial charge in [0.2, 0.25) is 5.91 Å². The maximum Gasteiger partial charge on any atom is 0.330 e. The fourth-order valence-electron chi connectivity index (χ4n) is 6.21. The van der Waals surface area contributed by atoms with Crippen LogP contribution < -0.4 is 21.3 Å². The lowest BCUT2D eigenvalue weighted by Crippen LogP contribution is -2.59. The van der Waals surface area contributed by atoms with Gasteiger partial charge >= 0.3 is 5.97 Å². The normalized spacial score (nSPS) is 22.9. The van der Waals surface area contributed by atoms with Crippen LogP contribution in [-0.2, 0) is 35.8 Å². The molecule has 0 radical (unpaired) electrons. The summed E-state index contributed by atoms with van der Waals surface area (Å²) in [5.74, 6) is -1.44. The van der Waals surface area contributed by atoms with Gasteiger partial charge in [-0.3, -0.25) is 14.9 Å². The lowest BCUT2D eigenvalue weighted by molar-refractivity contribution is -0.154. The van der Waals surface area contributed by atoms with E-state index in [1.54, 1.807) is 45.0 Å². The molecule has 224 valence electrons. The minimum absolute atomic E-state index is 0.0811. The highest BCUT2D eigenvalue weighted by molar-refractivity contribution is 6.10. The zero-order valence-corrected chi connectivity index (χ0v) is 24.5. The van der Waals surface area contributed by atoms with E-state index < -0.39 is 28.6 Å². The first-order valence-electron chi connectivity index (χ1n) is 14.5. The fourth-order valence-corrected chi connectivity index (χ4v) is 6.21. The zero-order chi connectivity index (χ0) is 30.5. The third-order valence-electron chi connectivity index (χ3n) is 8.45. The van der Waals surface area contributed by atoms with Gasteiger partial charge in [-0.2, -0.15) is 0 Å². The Hall–Kier alpha value is -3.89. The molecule has 2 aromatic carbocycles. The number of unbranched alkanes of at least 4 members (excludes halogenated alkanes) is 2. The fraction of sp³-hybridized carbons (Fsp3) is 0.469. The van der Waals surface area contributed by atoms with Gasteiger partial charge in [0.15, 0.2) is 5.54 Å². The van der Waals surface area contributed by atoms with Crippen LogP contribution in [0.1, 0.15) is 67.9 Å². The molecule has 2 unspecified atom stereocenters. The van der Waals surface area contributed by atoms with Crippen LogP contribution in [0.5, 0.6) is 0 Å². The average Bonchev–Trinajstić information content (AvgIpc) is 3.69. The van der Waals surface area contributed by atoms with Gasteiger partial charge in [-0.1, -0.05) is 49.7 Å². The molecule has 2 aliphatic rings. The first kappa shape index (κ1) is 31.1. The van der Waals surface area contributed by atoms with Gasteiger partial charge < -0.3 is 30.3 Å². The number of anilines is 1. The molecular formula is C32H40N4O6. The Labute approximate surface area is 246 Å². The topological polar surface area (TPSA) is 158 Å². The van der Waals surface area contributed by atoms with Crippen LogP contribution in [0.4, 0.5) is 5.69 Å². The molecule has 0 spiro atoms. The van der Waals surface area contributed by atoms with Crippen molar-refractivity contribution in [2.24, 2.45) is 5.73 Å². The zero-order valence-electron chi connectivity index (χ0n) is 24.5. The number of aldehydes is 2. The standard InChI is InChI=1S/C32H40N4O6/c1-22(2)42-29(41)32(31(21-38,35-32)15-17-37)30(3,24-11-7-4-8-12-24)20-36-26-14-13-23(10-6-5-9-16-33)18-25(26)28(40)34-19-27(36)39/h4,7-8,11-14,17-18,21-22,35H,5-6,9-10,15-16,19-20,33H2,1-3H3,(H,34,40)/t30?,31?,32-/m1/s1. The summed E-state index contributed by atoms with van der Waals surface area (Å²) < 4.78 is 5.69. The summed E-state index contributed by atoms with van der Waals surface area (Å²) in [6, 6.07) is 14.5.